The number of amides is 2. The van der Waals surface area contributed by atoms with Gasteiger partial charge in [0.2, 0.25) is 5.91 Å². The fraction of sp³-hybridized carbons (Fsp3) is 0.333. The summed E-state index contributed by atoms with van der Waals surface area (Å²) in [5.74, 6) is -1.78. The zero-order chi connectivity index (χ0) is 24.4. The number of hydrogen-bond donors (Lipinski definition) is 2. The molecular formula is C24H27ClN2O6. The number of carbonyl (C=O) groups excluding carboxylic acids is 4. The second kappa shape index (κ2) is 12.6. The van der Waals surface area contributed by atoms with Crippen molar-refractivity contribution in [2.75, 3.05) is 23.8 Å². The predicted molar refractivity (Wildman–Crippen MR) is 125 cm³/mol. The highest BCUT2D eigenvalue weighted by molar-refractivity contribution is 6.31. The molecule has 0 fully saturated rings. The molecule has 2 N–H and O–H groups in total. The molecule has 2 aromatic rings. The van der Waals surface area contributed by atoms with Crippen molar-refractivity contribution in [3.05, 3.63) is 58.6 Å². The first kappa shape index (κ1) is 25.9. The fourth-order valence-corrected chi connectivity index (χ4v) is 2.76. The Labute approximate surface area is 197 Å². The van der Waals surface area contributed by atoms with Crippen molar-refractivity contribution in [2.24, 2.45) is 5.92 Å². The highest BCUT2D eigenvalue weighted by atomic mass is 35.5. The molecule has 0 unspecified atom stereocenters. The largest absolute Gasteiger partial charge is 0.462 e. The summed E-state index contributed by atoms with van der Waals surface area (Å²) in [4.78, 5) is 47.8. The molecule has 9 heteroatoms. The molecule has 176 valence electrons. The molecule has 0 aliphatic rings. The van der Waals surface area contributed by atoms with E-state index >= 15 is 0 Å². The van der Waals surface area contributed by atoms with Gasteiger partial charge in [-0.2, -0.15) is 0 Å². The molecule has 2 amide bonds. The zero-order valence-corrected chi connectivity index (χ0v) is 19.5. The molecule has 0 aromatic heterocycles. The summed E-state index contributed by atoms with van der Waals surface area (Å²) >= 11 is 5.91. The van der Waals surface area contributed by atoms with Crippen LogP contribution in [-0.4, -0.2) is 37.0 Å². The van der Waals surface area contributed by atoms with Gasteiger partial charge in [0.1, 0.15) is 0 Å². The molecule has 0 heterocycles. The second-order valence-corrected chi connectivity index (χ2v) is 8.22. The van der Waals surface area contributed by atoms with Gasteiger partial charge in [0, 0.05) is 22.8 Å². The number of benzene rings is 2. The number of esters is 2. The fourth-order valence-electron chi connectivity index (χ4n) is 2.59. The topological polar surface area (TPSA) is 111 Å². The molecule has 0 bridgehead atoms. The van der Waals surface area contributed by atoms with Gasteiger partial charge < -0.3 is 20.1 Å². The molecule has 8 nitrogen and oxygen atoms in total. The Balaban J connectivity index is 1.71. The summed E-state index contributed by atoms with van der Waals surface area (Å²) in [5.41, 5.74) is 2.20. The Morgan fingerprint density at radius 1 is 0.909 bits per heavy atom. The van der Waals surface area contributed by atoms with E-state index in [-0.39, 0.29) is 18.8 Å². The average molecular weight is 475 g/mol. The Bertz CT molecular complexity index is 1000. The summed E-state index contributed by atoms with van der Waals surface area (Å²) in [6.07, 6.45) is -0.305. The van der Waals surface area contributed by atoms with Gasteiger partial charge in [0.05, 0.1) is 18.6 Å². The molecule has 33 heavy (non-hydrogen) atoms. The molecule has 0 saturated heterocycles. The minimum atomic E-state index is -0.675. The van der Waals surface area contributed by atoms with E-state index in [1.54, 1.807) is 42.5 Å². The Hall–Kier alpha value is -3.39. The van der Waals surface area contributed by atoms with Crippen LogP contribution in [0.5, 0.6) is 0 Å². The maximum absolute atomic E-state index is 12.1. The number of rotatable bonds is 10. The van der Waals surface area contributed by atoms with E-state index in [2.05, 4.69) is 10.6 Å². The van der Waals surface area contributed by atoms with Gasteiger partial charge in [-0.3, -0.25) is 14.4 Å². The van der Waals surface area contributed by atoms with E-state index < -0.39 is 30.4 Å². The molecule has 2 aromatic carbocycles. The van der Waals surface area contributed by atoms with Crippen molar-refractivity contribution < 1.29 is 28.7 Å². The van der Waals surface area contributed by atoms with Crippen molar-refractivity contribution >= 4 is 46.7 Å². The second-order valence-electron chi connectivity index (χ2n) is 7.79. The van der Waals surface area contributed by atoms with Crippen LogP contribution in [0.1, 0.15) is 42.6 Å². The zero-order valence-electron chi connectivity index (χ0n) is 18.8. The lowest BCUT2D eigenvalue weighted by Crippen LogP contribution is -2.22. The summed E-state index contributed by atoms with van der Waals surface area (Å²) < 4.78 is 10.1. The first-order chi connectivity index (χ1) is 15.6. The van der Waals surface area contributed by atoms with E-state index in [9.17, 15) is 19.2 Å². The van der Waals surface area contributed by atoms with Gasteiger partial charge in [-0.25, -0.2) is 4.79 Å². The van der Waals surface area contributed by atoms with E-state index in [4.69, 9.17) is 21.1 Å². The number of carbonyl (C=O) groups is 4. The van der Waals surface area contributed by atoms with Crippen molar-refractivity contribution in [3.8, 4) is 0 Å². The van der Waals surface area contributed by atoms with Crippen LogP contribution in [0, 0.1) is 12.8 Å². The van der Waals surface area contributed by atoms with Crippen LogP contribution in [0.15, 0.2) is 42.5 Å². The van der Waals surface area contributed by atoms with Crippen molar-refractivity contribution in [1.82, 2.24) is 0 Å². The molecule has 0 atom stereocenters. The van der Waals surface area contributed by atoms with Gasteiger partial charge in [0.25, 0.3) is 5.91 Å². The lowest BCUT2D eigenvalue weighted by molar-refractivity contribution is -0.147. The number of nitrogens with one attached hydrogen (secondary N) is 2. The van der Waals surface area contributed by atoms with Crippen LogP contribution in [0.4, 0.5) is 11.4 Å². The van der Waals surface area contributed by atoms with Gasteiger partial charge in [-0.1, -0.05) is 31.5 Å². The molecular weight excluding hydrogens is 448 g/mol. The molecule has 0 saturated carbocycles. The highest BCUT2D eigenvalue weighted by Crippen LogP contribution is 2.20. The van der Waals surface area contributed by atoms with Crippen molar-refractivity contribution in [3.63, 3.8) is 0 Å². The van der Waals surface area contributed by atoms with Gasteiger partial charge in [-0.15, -0.1) is 0 Å². The lowest BCUT2D eigenvalue weighted by Gasteiger charge is -2.10. The minimum absolute atomic E-state index is 0.119. The predicted octanol–water partition coefficient (Wildman–Crippen LogP) is 4.36. The summed E-state index contributed by atoms with van der Waals surface area (Å²) in [6, 6.07) is 11.3. The van der Waals surface area contributed by atoms with Gasteiger partial charge in [0.15, 0.2) is 6.61 Å². The van der Waals surface area contributed by atoms with Crippen LogP contribution < -0.4 is 10.6 Å². The van der Waals surface area contributed by atoms with Gasteiger partial charge in [-0.05, 0) is 54.8 Å². The maximum Gasteiger partial charge on any atom is 0.338 e. The quantitative estimate of drug-likeness (QED) is 0.495. The first-order valence-electron chi connectivity index (χ1n) is 10.4. The Kier molecular flexibility index (Phi) is 9.87. The first-order valence-corrected chi connectivity index (χ1v) is 10.8. The molecule has 2 rings (SSSR count). The number of aryl methyl sites for hydroxylation is 1. The summed E-state index contributed by atoms with van der Waals surface area (Å²) in [7, 11) is 0. The minimum Gasteiger partial charge on any atom is -0.462 e. The molecule has 0 aliphatic heterocycles. The molecule has 0 aliphatic carbocycles. The van der Waals surface area contributed by atoms with E-state index in [0.29, 0.717) is 28.6 Å². The molecule has 0 radical (unpaired) electrons. The average Bonchev–Trinajstić information content (AvgIpc) is 2.77. The maximum atomic E-state index is 12.1. The van der Waals surface area contributed by atoms with E-state index in [1.807, 2.05) is 20.8 Å². The number of ether oxygens (including phenoxy) is 2. The van der Waals surface area contributed by atoms with E-state index in [1.165, 1.54) is 0 Å². The summed E-state index contributed by atoms with van der Waals surface area (Å²) in [5, 5.41) is 5.72. The standard InChI is InChI=1S/C24H27ClN2O6/c1-15(2)13-33-24(31)17-5-8-19(9-6-17)26-21(28)10-11-23(30)32-14-22(29)27-20-12-18(25)7-4-16(20)3/h4-9,12,15H,10-11,13-14H2,1-3H3,(H,26,28)(H,27,29). The van der Waals surface area contributed by atoms with Crippen LogP contribution in [-0.2, 0) is 23.9 Å². The highest BCUT2D eigenvalue weighted by Gasteiger charge is 2.13. The third-order valence-electron chi connectivity index (χ3n) is 4.35. The smallest absolute Gasteiger partial charge is 0.338 e. The van der Waals surface area contributed by atoms with Crippen molar-refractivity contribution in [1.29, 1.82) is 0 Å². The number of anilines is 2. The van der Waals surface area contributed by atoms with Crippen LogP contribution >= 0.6 is 11.6 Å². The Morgan fingerprint density at radius 2 is 1.61 bits per heavy atom. The third kappa shape index (κ3) is 9.33. The lowest BCUT2D eigenvalue weighted by atomic mass is 10.2. The van der Waals surface area contributed by atoms with Crippen LogP contribution in [0.2, 0.25) is 5.02 Å². The van der Waals surface area contributed by atoms with Gasteiger partial charge >= 0.3 is 11.9 Å². The molecule has 0 spiro atoms. The normalized spacial score (nSPS) is 10.5. The number of hydrogen-bond acceptors (Lipinski definition) is 6. The van der Waals surface area contributed by atoms with E-state index in [0.717, 1.165) is 5.56 Å². The van der Waals surface area contributed by atoms with Crippen LogP contribution in [0.25, 0.3) is 0 Å². The number of halogens is 1. The summed E-state index contributed by atoms with van der Waals surface area (Å²) in [6.45, 7) is 5.55. The SMILES string of the molecule is Cc1ccc(Cl)cc1NC(=O)COC(=O)CCC(=O)Nc1ccc(C(=O)OCC(C)C)cc1. The Morgan fingerprint density at radius 3 is 2.27 bits per heavy atom. The van der Waals surface area contributed by atoms with Crippen LogP contribution in [0.3, 0.4) is 0 Å². The third-order valence-corrected chi connectivity index (χ3v) is 4.58. The van der Waals surface area contributed by atoms with Crippen molar-refractivity contribution in [2.45, 2.75) is 33.6 Å². The monoisotopic (exact) mass is 474 g/mol.